The summed E-state index contributed by atoms with van der Waals surface area (Å²) in [4.78, 5) is 0.372. The van der Waals surface area contributed by atoms with Crippen molar-refractivity contribution in [2.45, 2.75) is 20.5 Å². The van der Waals surface area contributed by atoms with E-state index in [9.17, 15) is 25.3 Å². The number of aryl methyl sites for hydroxylation is 1. The number of ether oxygens (including phenoxy) is 1. The molecule has 5 rings (SSSR count). The Kier molecular flexibility index (Phi) is 7.69. The lowest BCUT2D eigenvalue weighted by atomic mass is 10.3. The van der Waals surface area contributed by atoms with E-state index in [2.05, 4.69) is 24.9 Å². The third-order valence-corrected chi connectivity index (χ3v) is 11.9. The number of sulfone groups is 1. The number of hydrogen-bond donors (Lipinski definition) is 2. The molecular weight excluding hydrogens is 613 g/mol. The molecule has 3 aromatic carbocycles. The van der Waals surface area contributed by atoms with Crippen LogP contribution < -0.4 is 14.2 Å². The molecule has 0 radical (unpaired) electrons. The smallest absolute Gasteiger partial charge is 0.271 e. The van der Waals surface area contributed by atoms with E-state index in [-0.39, 0.29) is 32.8 Å². The van der Waals surface area contributed by atoms with Gasteiger partial charge >= 0.3 is 0 Å². The number of thiophene rings is 1. The van der Waals surface area contributed by atoms with Gasteiger partial charge in [-0.1, -0.05) is 30.3 Å². The minimum absolute atomic E-state index is 0.0309. The lowest BCUT2D eigenvalue weighted by Crippen LogP contribution is -2.19. The SMILES string of the molecule is COc1ccc(S(=O)(=O)CCn2ncnn2)cc1S(=O)(=O)Nc1ccccc1NS(=O)(=O)c1cc2ccccc2s1. The zero-order chi connectivity index (χ0) is 29.3. The topological polar surface area (TPSA) is 179 Å². The van der Waals surface area contributed by atoms with Crippen LogP contribution >= 0.6 is 11.3 Å². The van der Waals surface area contributed by atoms with Gasteiger partial charge in [0, 0.05) is 4.70 Å². The summed E-state index contributed by atoms with van der Waals surface area (Å²) in [6.45, 7) is -0.0952. The summed E-state index contributed by atoms with van der Waals surface area (Å²) in [5, 5.41) is 11.7. The summed E-state index contributed by atoms with van der Waals surface area (Å²) in [6.07, 6.45) is 1.16. The van der Waals surface area contributed by atoms with Crippen molar-refractivity contribution in [3.63, 3.8) is 0 Å². The van der Waals surface area contributed by atoms with E-state index in [4.69, 9.17) is 4.74 Å². The lowest BCUT2D eigenvalue weighted by molar-refractivity contribution is 0.402. The van der Waals surface area contributed by atoms with Crippen LogP contribution in [0.15, 0.2) is 93.1 Å². The molecule has 2 aromatic heterocycles. The van der Waals surface area contributed by atoms with E-state index in [1.807, 2.05) is 0 Å². The maximum absolute atomic E-state index is 13.5. The molecule has 0 saturated heterocycles. The number of aromatic nitrogens is 4. The van der Waals surface area contributed by atoms with Gasteiger partial charge in [0.2, 0.25) is 0 Å². The molecule has 2 heterocycles. The minimum Gasteiger partial charge on any atom is -0.495 e. The number of rotatable bonds is 11. The van der Waals surface area contributed by atoms with E-state index in [1.165, 1.54) is 43.5 Å². The monoisotopic (exact) mass is 634 g/mol. The van der Waals surface area contributed by atoms with Crippen LogP contribution in [-0.2, 0) is 36.4 Å². The van der Waals surface area contributed by atoms with E-state index >= 15 is 0 Å². The molecule has 0 fully saturated rings. The molecular formula is C24H22N6O7S4. The fourth-order valence-electron chi connectivity index (χ4n) is 3.82. The van der Waals surface area contributed by atoms with Crippen LogP contribution in [0.25, 0.3) is 10.1 Å². The number of tetrazole rings is 1. The van der Waals surface area contributed by atoms with Crippen molar-refractivity contribution in [1.82, 2.24) is 20.2 Å². The quantitative estimate of drug-likeness (QED) is 0.219. The highest BCUT2D eigenvalue weighted by Crippen LogP contribution is 2.34. The summed E-state index contributed by atoms with van der Waals surface area (Å²) in [5.41, 5.74) is -0.110. The van der Waals surface area contributed by atoms with Crippen LogP contribution in [0.3, 0.4) is 0 Å². The van der Waals surface area contributed by atoms with Gasteiger partial charge in [0.05, 0.1) is 35.7 Å². The second-order valence-corrected chi connectivity index (χ2v) is 15.3. The average Bonchev–Trinajstić information content (AvgIpc) is 3.63. The molecule has 0 aliphatic carbocycles. The van der Waals surface area contributed by atoms with Crippen molar-refractivity contribution >= 4 is 62.7 Å². The Balaban J connectivity index is 1.44. The predicted molar refractivity (Wildman–Crippen MR) is 153 cm³/mol. The number of para-hydroxylation sites is 2. The fraction of sp³-hybridized carbons (Fsp3) is 0.125. The fourth-order valence-corrected chi connectivity index (χ4v) is 8.86. The highest BCUT2D eigenvalue weighted by Gasteiger charge is 2.26. The standard InChI is InChI=1S/C24H22N6O7S4/c1-37-21-11-10-18(39(31,32)13-12-30-26-16-25-29-30)15-23(21)40(33,34)27-19-7-3-4-8-20(19)28-41(35,36)24-14-17-6-2-5-9-22(17)38-24/h2-11,14-16,27-28H,12-13H2,1H3. The Hall–Kier alpha value is -4.06. The van der Waals surface area contributed by atoms with Crippen LogP contribution in [-0.4, -0.2) is 58.3 Å². The lowest BCUT2D eigenvalue weighted by Gasteiger charge is -2.16. The Morgan fingerprint density at radius 2 is 1.54 bits per heavy atom. The molecule has 0 bridgehead atoms. The second kappa shape index (κ2) is 11.1. The number of benzene rings is 3. The molecule has 5 aromatic rings. The maximum Gasteiger partial charge on any atom is 0.271 e. The molecule has 0 saturated carbocycles. The van der Waals surface area contributed by atoms with Crippen molar-refractivity contribution in [3.05, 3.63) is 79.1 Å². The minimum atomic E-state index is -4.47. The zero-order valence-electron chi connectivity index (χ0n) is 21.2. The Morgan fingerprint density at radius 3 is 2.20 bits per heavy atom. The van der Waals surface area contributed by atoms with Crippen LogP contribution in [0.1, 0.15) is 0 Å². The third-order valence-electron chi connectivity index (χ3n) is 5.82. The van der Waals surface area contributed by atoms with Crippen molar-refractivity contribution < 1.29 is 30.0 Å². The molecule has 0 amide bonds. The highest BCUT2D eigenvalue weighted by molar-refractivity contribution is 7.95. The largest absolute Gasteiger partial charge is 0.495 e. The predicted octanol–water partition coefficient (Wildman–Crippen LogP) is 2.97. The maximum atomic E-state index is 13.5. The van der Waals surface area contributed by atoms with Gasteiger partial charge in [-0.2, -0.15) is 4.80 Å². The molecule has 0 aliphatic heterocycles. The molecule has 17 heteroatoms. The number of nitrogens with zero attached hydrogens (tertiary/aromatic N) is 4. The van der Waals surface area contributed by atoms with Gasteiger partial charge in [0.15, 0.2) is 16.2 Å². The van der Waals surface area contributed by atoms with E-state index < -0.39 is 40.5 Å². The summed E-state index contributed by atoms with van der Waals surface area (Å²) in [5.74, 6) is -0.525. The number of anilines is 2. The molecule has 0 atom stereocenters. The molecule has 0 aliphatic rings. The van der Waals surface area contributed by atoms with Gasteiger partial charge in [0.25, 0.3) is 20.0 Å². The van der Waals surface area contributed by atoms with Crippen LogP contribution in [0.5, 0.6) is 5.75 Å². The molecule has 0 unspecified atom stereocenters. The number of hydrogen-bond acceptors (Lipinski definition) is 11. The number of sulfonamides is 2. The molecule has 13 nitrogen and oxygen atoms in total. The van der Waals surface area contributed by atoms with Crippen LogP contribution in [0.2, 0.25) is 0 Å². The first-order valence-corrected chi connectivity index (χ1v) is 17.2. The van der Waals surface area contributed by atoms with Crippen molar-refractivity contribution in [2.24, 2.45) is 0 Å². The molecule has 214 valence electrons. The Bertz CT molecular complexity index is 2010. The Labute approximate surface area is 239 Å². The second-order valence-electron chi connectivity index (χ2n) is 8.52. The first-order chi connectivity index (χ1) is 19.5. The molecule has 41 heavy (non-hydrogen) atoms. The summed E-state index contributed by atoms with van der Waals surface area (Å²) >= 11 is 1.08. The number of fused-ring (bicyclic) bond motifs is 1. The normalized spacial score (nSPS) is 12.3. The average molecular weight is 635 g/mol. The third kappa shape index (κ3) is 6.17. The summed E-state index contributed by atoms with van der Waals surface area (Å²) in [7, 11) is -11.3. The summed E-state index contributed by atoms with van der Waals surface area (Å²) in [6, 6.07) is 18.0. The first kappa shape index (κ1) is 28.5. The van der Waals surface area contributed by atoms with E-state index in [1.54, 1.807) is 30.3 Å². The van der Waals surface area contributed by atoms with Crippen LogP contribution in [0.4, 0.5) is 11.4 Å². The van der Waals surface area contributed by atoms with Gasteiger partial charge in [-0.25, -0.2) is 25.3 Å². The van der Waals surface area contributed by atoms with Crippen molar-refractivity contribution in [2.75, 3.05) is 22.3 Å². The Morgan fingerprint density at radius 1 is 0.854 bits per heavy atom. The highest BCUT2D eigenvalue weighted by atomic mass is 32.2. The van der Waals surface area contributed by atoms with E-state index in [0.717, 1.165) is 38.6 Å². The molecule has 2 N–H and O–H groups in total. The zero-order valence-corrected chi connectivity index (χ0v) is 24.5. The van der Waals surface area contributed by atoms with Crippen LogP contribution in [0, 0.1) is 0 Å². The van der Waals surface area contributed by atoms with Crippen molar-refractivity contribution in [1.29, 1.82) is 0 Å². The van der Waals surface area contributed by atoms with E-state index in [0.29, 0.717) is 0 Å². The van der Waals surface area contributed by atoms with Gasteiger partial charge in [-0.3, -0.25) is 9.44 Å². The van der Waals surface area contributed by atoms with Crippen molar-refractivity contribution in [3.8, 4) is 5.75 Å². The van der Waals surface area contributed by atoms with Gasteiger partial charge in [-0.05, 0) is 53.1 Å². The number of nitrogens with one attached hydrogen (secondary N) is 2. The molecule has 0 spiro atoms. The number of methoxy groups -OCH3 is 1. The summed E-state index contributed by atoms with van der Waals surface area (Å²) < 4.78 is 90.1. The van der Waals surface area contributed by atoms with Gasteiger partial charge in [0.1, 0.15) is 14.9 Å². The van der Waals surface area contributed by atoms with Gasteiger partial charge in [-0.15, -0.1) is 21.5 Å². The van der Waals surface area contributed by atoms with Gasteiger partial charge < -0.3 is 4.74 Å². The first-order valence-electron chi connectivity index (χ1n) is 11.7.